The van der Waals surface area contributed by atoms with Gasteiger partial charge in [-0.25, -0.2) is 14.4 Å². The van der Waals surface area contributed by atoms with Crippen LogP contribution in [0.1, 0.15) is 22.2 Å². The number of nitrogens with zero attached hydrogens (tertiary/aromatic N) is 3. The number of ether oxygens (including phenoxy) is 1. The van der Waals surface area contributed by atoms with Crippen molar-refractivity contribution in [1.82, 2.24) is 14.9 Å². The highest BCUT2D eigenvalue weighted by molar-refractivity contribution is 5.96. The first-order chi connectivity index (χ1) is 10.7. The third-order valence-electron chi connectivity index (χ3n) is 3.53. The number of halogens is 1. The van der Waals surface area contributed by atoms with Crippen molar-refractivity contribution in [2.45, 2.75) is 6.10 Å². The van der Waals surface area contributed by atoms with E-state index in [9.17, 15) is 9.18 Å². The van der Waals surface area contributed by atoms with Gasteiger partial charge >= 0.3 is 0 Å². The number of nitrogen functional groups attached to an aromatic ring is 1. The summed E-state index contributed by atoms with van der Waals surface area (Å²) in [6.45, 7) is 0.973. The molecule has 3 rings (SSSR count). The molecule has 6 nitrogen and oxygen atoms in total. The Kier molecular flexibility index (Phi) is 3.97. The van der Waals surface area contributed by atoms with Crippen LogP contribution < -0.4 is 5.73 Å². The molecule has 7 heteroatoms. The highest BCUT2D eigenvalue weighted by atomic mass is 19.1. The van der Waals surface area contributed by atoms with Gasteiger partial charge in [0.05, 0.1) is 13.2 Å². The normalized spacial score (nSPS) is 18.2. The summed E-state index contributed by atoms with van der Waals surface area (Å²) < 4.78 is 19.5. The van der Waals surface area contributed by atoms with E-state index < -0.39 is 6.10 Å². The zero-order valence-electron chi connectivity index (χ0n) is 11.8. The standard InChI is InChI=1S/C15H15FN4O2/c16-11-4-2-1-3-10(11)12-9-20(7-8-22-12)15(21)13-14(17)19-6-5-18-13/h1-6,12H,7-9H2,(H2,17,19). The number of hydrogen-bond acceptors (Lipinski definition) is 5. The second-order valence-electron chi connectivity index (χ2n) is 4.92. The van der Waals surface area contributed by atoms with Crippen molar-refractivity contribution < 1.29 is 13.9 Å². The van der Waals surface area contributed by atoms with Crippen LogP contribution in [-0.4, -0.2) is 40.5 Å². The van der Waals surface area contributed by atoms with Crippen LogP contribution in [-0.2, 0) is 4.74 Å². The number of benzene rings is 1. The minimum Gasteiger partial charge on any atom is -0.382 e. The van der Waals surface area contributed by atoms with Crippen LogP contribution in [0.5, 0.6) is 0 Å². The molecule has 1 aromatic carbocycles. The maximum absolute atomic E-state index is 13.9. The van der Waals surface area contributed by atoms with Gasteiger partial charge in [0.15, 0.2) is 11.5 Å². The number of anilines is 1. The van der Waals surface area contributed by atoms with E-state index in [1.165, 1.54) is 18.5 Å². The molecule has 2 heterocycles. The Bertz CT molecular complexity index is 695. The first-order valence-corrected chi connectivity index (χ1v) is 6.88. The van der Waals surface area contributed by atoms with Crippen molar-refractivity contribution in [2.75, 3.05) is 25.4 Å². The van der Waals surface area contributed by atoms with Gasteiger partial charge < -0.3 is 15.4 Å². The van der Waals surface area contributed by atoms with E-state index in [-0.39, 0.29) is 29.8 Å². The van der Waals surface area contributed by atoms with Gasteiger partial charge in [-0.1, -0.05) is 18.2 Å². The summed E-state index contributed by atoms with van der Waals surface area (Å²) in [4.78, 5) is 21.9. The third kappa shape index (κ3) is 2.75. The van der Waals surface area contributed by atoms with Gasteiger partial charge in [-0.2, -0.15) is 0 Å². The monoisotopic (exact) mass is 302 g/mol. The van der Waals surface area contributed by atoms with E-state index in [2.05, 4.69) is 9.97 Å². The topological polar surface area (TPSA) is 81.3 Å². The van der Waals surface area contributed by atoms with Gasteiger partial charge in [-0.3, -0.25) is 4.79 Å². The summed E-state index contributed by atoms with van der Waals surface area (Å²) in [5.41, 5.74) is 6.23. The molecule has 1 aliphatic heterocycles. The largest absolute Gasteiger partial charge is 0.382 e. The maximum Gasteiger partial charge on any atom is 0.276 e. The fraction of sp³-hybridized carbons (Fsp3) is 0.267. The number of rotatable bonds is 2. The van der Waals surface area contributed by atoms with E-state index >= 15 is 0 Å². The molecule has 0 aliphatic carbocycles. The van der Waals surface area contributed by atoms with Gasteiger partial charge in [0, 0.05) is 24.5 Å². The van der Waals surface area contributed by atoms with E-state index in [1.807, 2.05) is 0 Å². The van der Waals surface area contributed by atoms with Crippen LogP contribution in [0.25, 0.3) is 0 Å². The Labute approximate surface area is 126 Å². The van der Waals surface area contributed by atoms with Crippen molar-refractivity contribution in [2.24, 2.45) is 0 Å². The molecule has 0 saturated carbocycles. The lowest BCUT2D eigenvalue weighted by atomic mass is 10.1. The highest BCUT2D eigenvalue weighted by Crippen LogP contribution is 2.25. The number of hydrogen-bond donors (Lipinski definition) is 1. The SMILES string of the molecule is Nc1nccnc1C(=O)N1CCOC(c2ccccc2F)C1. The van der Waals surface area contributed by atoms with Crippen molar-refractivity contribution in [1.29, 1.82) is 0 Å². The Morgan fingerprint density at radius 2 is 2.09 bits per heavy atom. The fourth-order valence-corrected chi connectivity index (χ4v) is 2.42. The number of aromatic nitrogens is 2. The lowest BCUT2D eigenvalue weighted by molar-refractivity contribution is -0.0244. The molecule has 2 N–H and O–H groups in total. The third-order valence-corrected chi connectivity index (χ3v) is 3.53. The van der Waals surface area contributed by atoms with Gasteiger partial charge in [-0.15, -0.1) is 0 Å². The van der Waals surface area contributed by atoms with Crippen molar-refractivity contribution in [3.8, 4) is 0 Å². The molecule has 1 atom stereocenters. The summed E-state index contributed by atoms with van der Waals surface area (Å²) in [7, 11) is 0. The summed E-state index contributed by atoms with van der Waals surface area (Å²) in [6.07, 6.45) is 2.34. The fourth-order valence-electron chi connectivity index (χ4n) is 2.42. The molecule has 0 radical (unpaired) electrons. The van der Waals surface area contributed by atoms with E-state index in [0.717, 1.165) is 0 Å². The van der Waals surface area contributed by atoms with Crippen LogP contribution in [0.2, 0.25) is 0 Å². The molecule has 2 aromatic rings. The predicted molar refractivity (Wildman–Crippen MR) is 77.4 cm³/mol. The summed E-state index contributed by atoms with van der Waals surface area (Å²) in [6, 6.07) is 6.39. The van der Waals surface area contributed by atoms with Crippen LogP contribution in [0.3, 0.4) is 0 Å². The lowest BCUT2D eigenvalue weighted by Crippen LogP contribution is -2.43. The zero-order valence-corrected chi connectivity index (χ0v) is 11.8. The number of carbonyl (C=O) groups excluding carboxylic acids is 1. The molecular formula is C15H15FN4O2. The number of carbonyl (C=O) groups is 1. The predicted octanol–water partition coefficient (Wildman–Crippen LogP) is 1.41. The first-order valence-electron chi connectivity index (χ1n) is 6.88. The minimum atomic E-state index is -0.503. The Balaban J connectivity index is 1.80. The molecule has 1 saturated heterocycles. The smallest absolute Gasteiger partial charge is 0.276 e. The van der Waals surface area contributed by atoms with Crippen LogP contribution >= 0.6 is 0 Å². The highest BCUT2D eigenvalue weighted by Gasteiger charge is 2.29. The van der Waals surface area contributed by atoms with Gasteiger partial charge in [0.1, 0.15) is 11.9 Å². The summed E-state index contributed by atoms with van der Waals surface area (Å²) >= 11 is 0. The van der Waals surface area contributed by atoms with Gasteiger partial charge in [0.2, 0.25) is 0 Å². The zero-order chi connectivity index (χ0) is 15.5. The molecule has 1 unspecified atom stereocenters. The summed E-state index contributed by atoms with van der Waals surface area (Å²) in [5, 5.41) is 0. The first kappa shape index (κ1) is 14.4. The number of nitrogens with two attached hydrogens (primary N) is 1. The average molecular weight is 302 g/mol. The molecule has 1 amide bonds. The van der Waals surface area contributed by atoms with Crippen molar-refractivity contribution >= 4 is 11.7 Å². The summed E-state index contributed by atoms with van der Waals surface area (Å²) in [5.74, 6) is -0.586. The Morgan fingerprint density at radius 3 is 2.86 bits per heavy atom. The molecule has 1 aromatic heterocycles. The second kappa shape index (κ2) is 6.07. The Morgan fingerprint density at radius 1 is 1.32 bits per heavy atom. The molecular weight excluding hydrogens is 287 g/mol. The minimum absolute atomic E-state index is 0.0847. The van der Waals surface area contributed by atoms with E-state index in [0.29, 0.717) is 18.7 Å². The molecule has 1 fully saturated rings. The number of morpholine rings is 1. The molecule has 0 spiro atoms. The molecule has 114 valence electrons. The average Bonchev–Trinajstić information content (AvgIpc) is 2.55. The van der Waals surface area contributed by atoms with Crippen LogP contribution in [0.4, 0.5) is 10.2 Å². The second-order valence-corrected chi connectivity index (χ2v) is 4.92. The van der Waals surface area contributed by atoms with Crippen LogP contribution in [0.15, 0.2) is 36.7 Å². The molecule has 0 bridgehead atoms. The number of amides is 1. The maximum atomic E-state index is 13.9. The Hall–Kier alpha value is -2.54. The van der Waals surface area contributed by atoms with Gasteiger partial charge in [0.25, 0.3) is 5.91 Å². The molecule has 1 aliphatic rings. The quantitative estimate of drug-likeness (QED) is 0.907. The van der Waals surface area contributed by atoms with E-state index in [4.69, 9.17) is 10.5 Å². The van der Waals surface area contributed by atoms with Crippen molar-refractivity contribution in [3.05, 3.63) is 53.7 Å². The van der Waals surface area contributed by atoms with Crippen molar-refractivity contribution in [3.63, 3.8) is 0 Å². The molecule has 22 heavy (non-hydrogen) atoms. The van der Waals surface area contributed by atoms with Gasteiger partial charge in [-0.05, 0) is 6.07 Å². The van der Waals surface area contributed by atoms with Crippen LogP contribution in [0, 0.1) is 5.82 Å². The lowest BCUT2D eigenvalue weighted by Gasteiger charge is -2.33. The van der Waals surface area contributed by atoms with E-state index in [1.54, 1.807) is 23.1 Å².